The molecule has 0 spiro atoms. The Morgan fingerprint density at radius 2 is 1.62 bits per heavy atom. The molecule has 0 heterocycles. The average molecular weight is 297 g/mol. The topological polar surface area (TPSA) is 44.5 Å². The Hall–Kier alpha value is -2.21. The quantitative estimate of drug-likeness (QED) is 0.935. The zero-order valence-corrected chi connectivity index (χ0v) is 11.3. The Balaban J connectivity index is 2.33. The zero-order chi connectivity index (χ0) is 15.5. The van der Waals surface area contributed by atoms with Crippen molar-refractivity contribution < 1.29 is 22.6 Å². The fraction of sp³-hybridized carbons (Fsp3) is 0.200. The lowest BCUT2D eigenvalue weighted by Crippen LogP contribution is -2.18. The molecule has 0 aromatic heterocycles. The van der Waals surface area contributed by atoms with Crippen molar-refractivity contribution in [3.05, 3.63) is 48.0 Å². The van der Waals surface area contributed by atoms with Gasteiger partial charge in [0.05, 0.1) is 7.11 Å². The molecule has 0 atom stereocenters. The predicted molar refractivity (Wildman–Crippen MR) is 73.0 cm³/mol. The van der Waals surface area contributed by atoms with Gasteiger partial charge in [0.1, 0.15) is 11.5 Å². The number of alkyl halides is 3. The molecule has 0 bridgehead atoms. The first-order valence-corrected chi connectivity index (χ1v) is 6.16. The molecule has 2 aromatic carbocycles. The van der Waals surface area contributed by atoms with E-state index in [1.165, 1.54) is 6.07 Å². The van der Waals surface area contributed by atoms with Crippen molar-refractivity contribution in [3.8, 4) is 22.6 Å². The number of benzene rings is 2. The van der Waals surface area contributed by atoms with E-state index in [2.05, 4.69) is 4.74 Å². The second kappa shape index (κ2) is 6.05. The zero-order valence-electron chi connectivity index (χ0n) is 11.3. The van der Waals surface area contributed by atoms with Crippen LogP contribution in [-0.2, 0) is 6.54 Å². The first-order chi connectivity index (χ1) is 9.93. The summed E-state index contributed by atoms with van der Waals surface area (Å²) in [6.07, 6.45) is -4.73. The first kappa shape index (κ1) is 15.2. The van der Waals surface area contributed by atoms with E-state index < -0.39 is 6.36 Å². The van der Waals surface area contributed by atoms with Crippen LogP contribution >= 0.6 is 0 Å². The Morgan fingerprint density at radius 1 is 1.00 bits per heavy atom. The van der Waals surface area contributed by atoms with Crippen LogP contribution in [0.4, 0.5) is 13.2 Å². The Morgan fingerprint density at radius 3 is 2.14 bits per heavy atom. The van der Waals surface area contributed by atoms with E-state index in [-0.39, 0.29) is 12.3 Å². The van der Waals surface area contributed by atoms with Crippen LogP contribution in [0.25, 0.3) is 11.1 Å². The molecule has 0 radical (unpaired) electrons. The molecule has 0 fully saturated rings. The largest absolute Gasteiger partial charge is 0.573 e. The standard InChI is InChI=1S/C15H14F3NO2/c1-20-13-5-2-10(3-6-13)11-4-7-14(12(8-11)9-19)21-15(16,17)18/h2-8H,9,19H2,1H3. The molecule has 0 aliphatic heterocycles. The van der Waals surface area contributed by atoms with Crippen molar-refractivity contribution in [3.63, 3.8) is 0 Å². The van der Waals surface area contributed by atoms with E-state index >= 15 is 0 Å². The lowest BCUT2D eigenvalue weighted by atomic mass is 10.0. The molecule has 112 valence electrons. The van der Waals surface area contributed by atoms with Gasteiger partial charge in [0.2, 0.25) is 0 Å². The number of hydrogen-bond acceptors (Lipinski definition) is 3. The molecular weight excluding hydrogens is 283 g/mol. The van der Waals surface area contributed by atoms with Crippen LogP contribution in [0, 0.1) is 0 Å². The van der Waals surface area contributed by atoms with E-state index in [0.29, 0.717) is 11.3 Å². The van der Waals surface area contributed by atoms with Gasteiger partial charge in [-0.2, -0.15) is 0 Å². The Labute approximate surface area is 120 Å². The fourth-order valence-corrected chi connectivity index (χ4v) is 1.93. The minimum Gasteiger partial charge on any atom is -0.497 e. The van der Waals surface area contributed by atoms with E-state index in [1.807, 2.05) is 12.1 Å². The third-order valence-electron chi connectivity index (χ3n) is 2.93. The molecule has 2 aromatic rings. The van der Waals surface area contributed by atoms with Crippen LogP contribution in [0.5, 0.6) is 11.5 Å². The Bertz CT molecular complexity index is 609. The van der Waals surface area contributed by atoms with Crippen LogP contribution < -0.4 is 15.2 Å². The van der Waals surface area contributed by atoms with Gasteiger partial charge >= 0.3 is 6.36 Å². The van der Waals surface area contributed by atoms with Gasteiger partial charge in [-0.1, -0.05) is 18.2 Å². The van der Waals surface area contributed by atoms with Gasteiger partial charge in [-0.15, -0.1) is 13.2 Å². The van der Waals surface area contributed by atoms with Gasteiger partial charge in [0, 0.05) is 12.1 Å². The monoisotopic (exact) mass is 297 g/mol. The molecule has 2 N–H and O–H groups in total. The molecule has 0 saturated heterocycles. The maximum absolute atomic E-state index is 12.3. The van der Waals surface area contributed by atoms with E-state index in [0.717, 1.165) is 11.1 Å². The van der Waals surface area contributed by atoms with Gasteiger partial charge in [-0.05, 0) is 35.4 Å². The molecule has 0 saturated carbocycles. The van der Waals surface area contributed by atoms with Crippen LogP contribution in [0.3, 0.4) is 0 Å². The summed E-state index contributed by atoms with van der Waals surface area (Å²) in [5, 5.41) is 0. The van der Waals surface area contributed by atoms with Crippen molar-refractivity contribution in [1.29, 1.82) is 0 Å². The number of halogens is 3. The molecule has 21 heavy (non-hydrogen) atoms. The second-order valence-electron chi connectivity index (χ2n) is 4.30. The highest BCUT2D eigenvalue weighted by Crippen LogP contribution is 2.31. The number of hydrogen-bond donors (Lipinski definition) is 1. The lowest BCUT2D eigenvalue weighted by molar-refractivity contribution is -0.274. The highest BCUT2D eigenvalue weighted by Gasteiger charge is 2.32. The molecule has 0 amide bonds. The average Bonchev–Trinajstić information content (AvgIpc) is 2.46. The van der Waals surface area contributed by atoms with Crippen LogP contribution in [0.15, 0.2) is 42.5 Å². The smallest absolute Gasteiger partial charge is 0.497 e. The summed E-state index contributed by atoms with van der Waals surface area (Å²) in [7, 11) is 1.56. The third kappa shape index (κ3) is 3.88. The third-order valence-corrected chi connectivity index (χ3v) is 2.93. The van der Waals surface area contributed by atoms with Crippen LogP contribution in [-0.4, -0.2) is 13.5 Å². The van der Waals surface area contributed by atoms with E-state index in [4.69, 9.17) is 10.5 Å². The van der Waals surface area contributed by atoms with Crippen molar-refractivity contribution in [2.24, 2.45) is 5.73 Å². The van der Waals surface area contributed by atoms with Crippen molar-refractivity contribution in [2.75, 3.05) is 7.11 Å². The summed E-state index contributed by atoms with van der Waals surface area (Å²) in [4.78, 5) is 0. The summed E-state index contributed by atoms with van der Waals surface area (Å²) < 4.78 is 45.9. The van der Waals surface area contributed by atoms with Crippen molar-refractivity contribution in [1.82, 2.24) is 0 Å². The van der Waals surface area contributed by atoms with Crippen LogP contribution in [0.1, 0.15) is 5.56 Å². The van der Waals surface area contributed by atoms with E-state index in [9.17, 15) is 13.2 Å². The van der Waals surface area contributed by atoms with Crippen LogP contribution in [0.2, 0.25) is 0 Å². The fourth-order valence-electron chi connectivity index (χ4n) is 1.93. The highest BCUT2D eigenvalue weighted by molar-refractivity contribution is 5.66. The van der Waals surface area contributed by atoms with Gasteiger partial charge in [-0.3, -0.25) is 0 Å². The lowest BCUT2D eigenvalue weighted by Gasteiger charge is -2.14. The first-order valence-electron chi connectivity index (χ1n) is 6.16. The minimum absolute atomic E-state index is 0.0462. The molecule has 2 rings (SSSR count). The maximum atomic E-state index is 12.3. The van der Waals surface area contributed by atoms with Gasteiger partial charge in [0.15, 0.2) is 0 Å². The number of rotatable bonds is 4. The normalized spacial score (nSPS) is 11.3. The van der Waals surface area contributed by atoms with Crippen molar-refractivity contribution in [2.45, 2.75) is 12.9 Å². The van der Waals surface area contributed by atoms with Gasteiger partial charge < -0.3 is 15.2 Å². The predicted octanol–water partition coefficient (Wildman–Crippen LogP) is 3.72. The Kier molecular flexibility index (Phi) is 4.37. The minimum atomic E-state index is -4.73. The summed E-state index contributed by atoms with van der Waals surface area (Å²) >= 11 is 0. The molecule has 0 aliphatic rings. The molecular formula is C15H14F3NO2. The number of nitrogens with two attached hydrogens (primary N) is 1. The summed E-state index contributed by atoms with van der Waals surface area (Å²) in [6.45, 7) is -0.0462. The van der Waals surface area contributed by atoms with Gasteiger partial charge in [-0.25, -0.2) is 0 Å². The molecule has 6 heteroatoms. The number of methoxy groups -OCH3 is 1. The SMILES string of the molecule is COc1ccc(-c2ccc(OC(F)(F)F)c(CN)c2)cc1. The highest BCUT2D eigenvalue weighted by atomic mass is 19.4. The summed E-state index contributed by atoms with van der Waals surface area (Å²) in [5.41, 5.74) is 7.40. The molecule has 3 nitrogen and oxygen atoms in total. The summed E-state index contributed by atoms with van der Waals surface area (Å²) in [6, 6.07) is 11.6. The van der Waals surface area contributed by atoms with E-state index in [1.54, 1.807) is 31.4 Å². The second-order valence-corrected chi connectivity index (χ2v) is 4.30. The summed E-state index contributed by atoms with van der Waals surface area (Å²) in [5.74, 6) is 0.428. The molecule has 0 unspecified atom stereocenters. The molecule has 0 aliphatic carbocycles. The van der Waals surface area contributed by atoms with Gasteiger partial charge in [0.25, 0.3) is 0 Å². The number of ether oxygens (including phenoxy) is 2. The maximum Gasteiger partial charge on any atom is 0.573 e. The van der Waals surface area contributed by atoms with Crippen molar-refractivity contribution >= 4 is 0 Å².